The molecule has 0 unspecified atom stereocenters. The number of esters is 1. The SMILES string of the molecule is CCOC(=O)C(C)=C1CCN(NC(=O)OC(C)(C)C)CC1. The highest BCUT2D eigenvalue weighted by Gasteiger charge is 2.22. The number of nitrogens with one attached hydrogen (secondary N) is 1. The third-order valence-corrected chi connectivity index (χ3v) is 3.13. The van der Waals surface area contributed by atoms with E-state index >= 15 is 0 Å². The molecule has 0 aromatic heterocycles. The molecule has 1 saturated heterocycles. The van der Waals surface area contributed by atoms with Crippen molar-refractivity contribution in [1.29, 1.82) is 0 Å². The van der Waals surface area contributed by atoms with Crippen molar-refractivity contribution in [2.75, 3.05) is 19.7 Å². The fourth-order valence-corrected chi connectivity index (χ4v) is 2.08. The Hall–Kier alpha value is -1.56. The van der Waals surface area contributed by atoms with Gasteiger partial charge in [-0.25, -0.2) is 14.6 Å². The maximum Gasteiger partial charge on any atom is 0.422 e. The molecule has 120 valence electrons. The Kier molecular flexibility index (Phi) is 6.20. The van der Waals surface area contributed by atoms with Gasteiger partial charge in [0.15, 0.2) is 0 Å². The molecular weight excluding hydrogens is 272 g/mol. The van der Waals surface area contributed by atoms with Crippen LogP contribution in [-0.2, 0) is 14.3 Å². The molecule has 1 heterocycles. The third kappa shape index (κ3) is 6.16. The van der Waals surface area contributed by atoms with Gasteiger partial charge in [-0.3, -0.25) is 5.43 Å². The Labute approximate surface area is 126 Å². The monoisotopic (exact) mass is 298 g/mol. The van der Waals surface area contributed by atoms with Crippen LogP contribution in [0.5, 0.6) is 0 Å². The van der Waals surface area contributed by atoms with E-state index in [4.69, 9.17) is 9.47 Å². The van der Waals surface area contributed by atoms with E-state index in [2.05, 4.69) is 5.43 Å². The molecule has 1 aliphatic rings. The molecule has 6 nitrogen and oxygen atoms in total. The molecule has 0 aromatic carbocycles. The topological polar surface area (TPSA) is 67.9 Å². The van der Waals surface area contributed by atoms with Crippen molar-refractivity contribution in [3.05, 3.63) is 11.1 Å². The smallest absolute Gasteiger partial charge is 0.422 e. The maximum atomic E-state index is 11.7. The molecule has 1 amide bonds. The van der Waals surface area contributed by atoms with Crippen molar-refractivity contribution in [1.82, 2.24) is 10.4 Å². The lowest BCUT2D eigenvalue weighted by Gasteiger charge is -2.30. The van der Waals surface area contributed by atoms with Crippen LogP contribution in [0.4, 0.5) is 4.79 Å². The maximum absolute atomic E-state index is 11.7. The Morgan fingerprint density at radius 3 is 2.29 bits per heavy atom. The molecule has 0 aliphatic carbocycles. The number of carbonyl (C=O) groups excluding carboxylic acids is 2. The average molecular weight is 298 g/mol. The number of hydrazine groups is 1. The summed E-state index contributed by atoms with van der Waals surface area (Å²) in [6, 6.07) is 0. The van der Waals surface area contributed by atoms with Crippen molar-refractivity contribution in [3.8, 4) is 0 Å². The molecule has 1 aliphatic heterocycles. The molecule has 1 rings (SSSR count). The predicted octanol–water partition coefficient (Wildman–Crippen LogP) is 2.40. The molecule has 1 fully saturated rings. The largest absolute Gasteiger partial charge is 0.463 e. The summed E-state index contributed by atoms with van der Waals surface area (Å²) in [5.74, 6) is -0.249. The lowest BCUT2D eigenvalue weighted by Crippen LogP contribution is -2.47. The van der Waals surface area contributed by atoms with Gasteiger partial charge >= 0.3 is 12.1 Å². The highest BCUT2D eigenvalue weighted by atomic mass is 16.6. The van der Waals surface area contributed by atoms with Crippen molar-refractivity contribution in [2.24, 2.45) is 0 Å². The lowest BCUT2D eigenvalue weighted by atomic mass is 9.99. The number of hydrogen-bond acceptors (Lipinski definition) is 5. The number of carbonyl (C=O) groups is 2. The molecule has 0 bridgehead atoms. The molecular formula is C15H26N2O4. The third-order valence-electron chi connectivity index (χ3n) is 3.13. The summed E-state index contributed by atoms with van der Waals surface area (Å²) < 4.78 is 10.2. The van der Waals surface area contributed by atoms with E-state index in [1.807, 2.05) is 25.8 Å². The summed E-state index contributed by atoms with van der Waals surface area (Å²) in [7, 11) is 0. The van der Waals surface area contributed by atoms with Gasteiger partial charge in [-0.1, -0.05) is 5.57 Å². The van der Waals surface area contributed by atoms with Crippen molar-refractivity contribution in [2.45, 2.75) is 53.1 Å². The van der Waals surface area contributed by atoms with E-state index in [0.29, 0.717) is 25.3 Å². The fraction of sp³-hybridized carbons (Fsp3) is 0.733. The van der Waals surface area contributed by atoms with Crippen LogP contribution >= 0.6 is 0 Å². The Bertz CT molecular complexity index is 414. The van der Waals surface area contributed by atoms with Crippen molar-refractivity contribution < 1.29 is 19.1 Å². The van der Waals surface area contributed by atoms with Crippen LogP contribution in [0, 0.1) is 0 Å². The van der Waals surface area contributed by atoms with Crippen LogP contribution in [0.2, 0.25) is 0 Å². The van der Waals surface area contributed by atoms with Crippen LogP contribution in [-0.4, -0.2) is 42.4 Å². The second-order valence-electron chi connectivity index (χ2n) is 6.05. The van der Waals surface area contributed by atoms with E-state index in [1.165, 1.54) is 0 Å². The van der Waals surface area contributed by atoms with Crippen molar-refractivity contribution in [3.63, 3.8) is 0 Å². The molecule has 0 saturated carbocycles. The zero-order chi connectivity index (χ0) is 16.0. The normalized spacial score (nSPS) is 16.3. The zero-order valence-corrected chi connectivity index (χ0v) is 13.6. The second-order valence-corrected chi connectivity index (χ2v) is 6.05. The van der Waals surface area contributed by atoms with Gasteiger partial charge in [0.1, 0.15) is 5.60 Å². The fourth-order valence-electron chi connectivity index (χ4n) is 2.08. The van der Waals surface area contributed by atoms with Gasteiger partial charge in [0.05, 0.1) is 6.61 Å². The first kappa shape index (κ1) is 17.5. The number of hydrogen-bond donors (Lipinski definition) is 1. The standard InChI is InChI=1S/C15H26N2O4/c1-6-20-13(18)11(2)12-7-9-17(10-8-12)16-14(19)21-15(3,4)5/h6-10H2,1-5H3,(H,16,19). The first-order valence-electron chi connectivity index (χ1n) is 7.33. The van der Waals surface area contributed by atoms with Gasteiger partial charge in [0.2, 0.25) is 0 Å². The van der Waals surface area contributed by atoms with Crippen LogP contribution in [0.1, 0.15) is 47.5 Å². The van der Waals surface area contributed by atoms with E-state index < -0.39 is 11.7 Å². The number of nitrogens with zero attached hydrogens (tertiary/aromatic N) is 1. The summed E-state index contributed by atoms with van der Waals surface area (Å²) in [5.41, 5.74) is 4.00. The van der Waals surface area contributed by atoms with Gasteiger partial charge in [-0.15, -0.1) is 0 Å². The minimum Gasteiger partial charge on any atom is -0.463 e. The summed E-state index contributed by atoms with van der Waals surface area (Å²) in [6.45, 7) is 10.8. The molecule has 0 radical (unpaired) electrons. The van der Waals surface area contributed by atoms with Gasteiger partial charge in [-0.05, 0) is 47.5 Å². The molecule has 0 aromatic rings. The summed E-state index contributed by atoms with van der Waals surface area (Å²) in [5, 5.41) is 1.82. The number of piperidine rings is 1. The Balaban J connectivity index is 2.47. The number of amides is 1. The Morgan fingerprint density at radius 1 is 1.24 bits per heavy atom. The summed E-state index contributed by atoms with van der Waals surface area (Å²) >= 11 is 0. The van der Waals surface area contributed by atoms with E-state index in [-0.39, 0.29) is 5.97 Å². The van der Waals surface area contributed by atoms with Crippen LogP contribution in [0.3, 0.4) is 0 Å². The molecule has 0 atom stereocenters. The van der Waals surface area contributed by atoms with Gasteiger partial charge in [-0.2, -0.15) is 0 Å². The number of rotatable bonds is 3. The molecule has 21 heavy (non-hydrogen) atoms. The second kappa shape index (κ2) is 7.45. The van der Waals surface area contributed by atoms with Crippen LogP contribution in [0.25, 0.3) is 0 Å². The molecule has 6 heteroatoms. The van der Waals surface area contributed by atoms with Gasteiger partial charge in [0, 0.05) is 18.7 Å². The van der Waals surface area contributed by atoms with Gasteiger partial charge in [0.25, 0.3) is 0 Å². The Morgan fingerprint density at radius 2 is 1.81 bits per heavy atom. The van der Waals surface area contributed by atoms with Crippen molar-refractivity contribution >= 4 is 12.1 Å². The highest BCUT2D eigenvalue weighted by molar-refractivity contribution is 5.88. The minimum absolute atomic E-state index is 0.249. The first-order chi connectivity index (χ1) is 9.73. The van der Waals surface area contributed by atoms with E-state index in [0.717, 1.165) is 18.4 Å². The van der Waals surface area contributed by atoms with E-state index in [1.54, 1.807) is 13.8 Å². The summed E-state index contributed by atoms with van der Waals surface area (Å²) in [4.78, 5) is 23.3. The zero-order valence-electron chi connectivity index (χ0n) is 13.6. The average Bonchev–Trinajstić information content (AvgIpc) is 2.36. The summed E-state index contributed by atoms with van der Waals surface area (Å²) in [6.07, 6.45) is 1.03. The van der Waals surface area contributed by atoms with E-state index in [9.17, 15) is 9.59 Å². The number of ether oxygens (including phenoxy) is 2. The van der Waals surface area contributed by atoms with Crippen LogP contribution in [0.15, 0.2) is 11.1 Å². The molecule has 0 spiro atoms. The molecule has 1 N–H and O–H groups in total. The first-order valence-corrected chi connectivity index (χ1v) is 7.33. The lowest BCUT2D eigenvalue weighted by molar-refractivity contribution is -0.138. The van der Waals surface area contributed by atoms with Gasteiger partial charge < -0.3 is 9.47 Å². The minimum atomic E-state index is -0.509. The predicted molar refractivity (Wildman–Crippen MR) is 79.5 cm³/mol. The van der Waals surface area contributed by atoms with Crippen LogP contribution < -0.4 is 5.43 Å². The highest BCUT2D eigenvalue weighted by Crippen LogP contribution is 2.20. The quantitative estimate of drug-likeness (QED) is 0.640.